The first-order chi connectivity index (χ1) is 10.7. The van der Waals surface area contributed by atoms with Crippen LogP contribution < -0.4 is 5.63 Å². The van der Waals surface area contributed by atoms with Crippen molar-refractivity contribution >= 4 is 5.78 Å². The molecule has 0 saturated carbocycles. The van der Waals surface area contributed by atoms with Crippen LogP contribution in [0.2, 0.25) is 0 Å². The Balaban J connectivity index is 2.23. The van der Waals surface area contributed by atoms with E-state index in [1.165, 1.54) is 0 Å². The summed E-state index contributed by atoms with van der Waals surface area (Å²) in [6.07, 6.45) is 0. The maximum absolute atomic E-state index is 12.7. The highest BCUT2D eigenvalue weighted by Crippen LogP contribution is 2.30. The molecule has 0 aliphatic heterocycles. The van der Waals surface area contributed by atoms with Crippen molar-refractivity contribution < 1.29 is 14.3 Å². The molecule has 0 atom stereocenters. The van der Waals surface area contributed by atoms with E-state index in [4.69, 9.17) is 4.42 Å². The molecule has 4 nitrogen and oxygen atoms in total. The molecule has 3 rings (SSSR count). The van der Waals surface area contributed by atoms with Gasteiger partial charge in [0.2, 0.25) is 5.78 Å². The van der Waals surface area contributed by atoms with Gasteiger partial charge in [0.1, 0.15) is 11.3 Å². The third-order valence-corrected chi connectivity index (χ3v) is 3.24. The predicted octanol–water partition coefficient (Wildman–Crippen LogP) is 3.24. The third-order valence-electron chi connectivity index (χ3n) is 3.24. The molecule has 108 valence electrons. The highest BCUT2D eigenvalue weighted by Gasteiger charge is 2.22. The van der Waals surface area contributed by atoms with Gasteiger partial charge >= 0.3 is 5.63 Å². The number of aromatic hydroxyl groups is 1. The molecule has 1 heterocycles. The van der Waals surface area contributed by atoms with Crippen molar-refractivity contribution in [2.24, 2.45) is 0 Å². The first-order valence-corrected chi connectivity index (χ1v) is 6.69. The Morgan fingerprint density at radius 2 is 1.50 bits per heavy atom. The molecule has 0 fully saturated rings. The van der Waals surface area contributed by atoms with Crippen molar-refractivity contribution in [3.8, 4) is 17.1 Å². The summed E-state index contributed by atoms with van der Waals surface area (Å²) in [4.78, 5) is 24.2. The third kappa shape index (κ3) is 2.54. The number of hydrogen-bond donors (Lipinski definition) is 1. The van der Waals surface area contributed by atoms with Crippen LogP contribution in [0.1, 0.15) is 15.9 Å². The van der Waals surface area contributed by atoms with E-state index in [1.807, 2.05) is 6.07 Å². The zero-order valence-electron chi connectivity index (χ0n) is 11.5. The fraction of sp³-hybridized carbons (Fsp3) is 0. The molecular formula is C18H12O4. The van der Waals surface area contributed by atoms with E-state index >= 15 is 0 Å². The first kappa shape index (κ1) is 13.8. The normalized spacial score (nSPS) is 10.4. The van der Waals surface area contributed by atoms with E-state index < -0.39 is 11.4 Å². The monoisotopic (exact) mass is 292 g/mol. The maximum Gasteiger partial charge on any atom is 0.339 e. The van der Waals surface area contributed by atoms with Gasteiger partial charge in [-0.05, 0) is 0 Å². The van der Waals surface area contributed by atoms with Gasteiger partial charge < -0.3 is 9.52 Å². The number of benzene rings is 2. The lowest BCUT2D eigenvalue weighted by atomic mass is 9.98. The molecule has 22 heavy (non-hydrogen) atoms. The lowest BCUT2D eigenvalue weighted by Crippen LogP contribution is -2.08. The predicted molar refractivity (Wildman–Crippen MR) is 82.0 cm³/mol. The lowest BCUT2D eigenvalue weighted by Gasteiger charge is -2.09. The van der Waals surface area contributed by atoms with Crippen LogP contribution in [0.4, 0.5) is 0 Å². The van der Waals surface area contributed by atoms with Crippen molar-refractivity contribution in [3.63, 3.8) is 0 Å². The Kier molecular flexibility index (Phi) is 3.58. The van der Waals surface area contributed by atoms with Gasteiger partial charge in [-0.2, -0.15) is 0 Å². The minimum Gasteiger partial charge on any atom is -0.507 e. The second-order valence-electron chi connectivity index (χ2n) is 4.72. The molecule has 0 unspecified atom stereocenters. The molecule has 3 aromatic rings. The highest BCUT2D eigenvalue weighted by atomic mass is 16.4. The minimum absolute atomic E-state index is 0.0167. The average Bonchev–Trinajstić information content (AvgIpc) is 2.55. The van der Waals surface area contributed by atoms with E-state index in [-0.39, 0.29) is 17.1 Å². The zero-order chi connectivity index (χ0) is 15.5. The number of carbonyl (C=O) groups is 1. The fourth-order valence-corrected chi connectivity index (χ4v) is 2.23. The topological polar surface area (TPSA) is 67.5 Å². The summed E-state index contributed by atoms with van der Waals surface area (Å²) < 4.78 is 5.18. The second-order valence-corrected chi connectivity index (χ2v) is 4.72. The zero-order valence-corrected chi connectivity index (χ0v) is 11.5. The number of ketones is 1. The number of rotatable bonds is 3. The van der Waals surface area contributed by atoms with E-state index in [1.54, 1.807) is 54.6 Å². The van der Waals surface area contributed by atoms with Crippen LogP contribution >= 0.6 is 0 Å². The largest absolute Gasteiger partial charge is 0.507 e. The van der Waals surface area contributed by atoms with Gasteiger partial charge in [-0.25, -0.2) is 4.79 Å². The summed E-state index contributed by atoms with van der Waals surface area (Å²) in [6.45, 7) is 0. The Labute approximate surface area is 126 Å². The van der Waals surface area contributed by atoms with Gasteiger partial charge in [0.05, 0.1) is 6.07 Å². The van der Waals surface area contributed by atoms with Crippen molar-refractivity contribution in [3.05, 3.63) is 88.3 Å². The van der Waals surface area contributed by atoms with Gasteiger partial charge in [-0.1, -0.05) is 60.7 Å². The molecule has 2 aromatic carbocycles. The minimum atomic E-state index is -0.707. The van der Waals surface area contributed by atoms with Crippen LogP contribution in [0.5, 0.6) is 5.75 Å². The van der Waals surface area contributed by atoms with Crippen molar-refractivity contribution in [1.82, 2.24) is 0 Å². The van der Waals surface area contributed by atoms with Gasteiger partial charge in [-0.3, -0.25) is 4.79 Å². The molecule has 4 heteroatoms. The van der Waals surface area contributed by atoms with Crippen LogP contribution in [0, 0.1) is 0 Å². The molecule has 0 saturated heterocycles. The standard InChI is InChI=1S/C18H12O4/c19-14-11-15(20)22-18(13-9-5-2-6-10-13)16(14)17(21)12-7-3-1-4-8-12/h1-11,19H. The second kappa shape index (κ2) is 5.69. The molecule has 0 spiro atoms. The van der Waals surface area contributed by atoms with Crippen LogP contribution in [-0.2, 0) is 0 Å². The summed E-state index contributed by atoms with van der Waals surface area (Å²) >= 11 is 0. The quantitative estimate of drug-likeness (QED) is 0.752. The van der Waals surface area contributed by atoms with Crippen LogP contribution in [-0.4, -0.2) is 10.9 Å². The highest BCUT2D eigenvalue weighted by molar-refractivity contribution is 6.13. The summed E-state index contributed by atoms with van der Waals surface area (Å²) in [5, 5.41) is 10.1. The van der Waals surface area contributed by atoms with Crippen molar-refractivity contribution in [2.45, 2.75) is 0 Å². The molecule has 0 radical (unpaired) electrons. The molecule has 0 aliphatic rings. The van der Waals surface area contributed by atoms with Gasteiger partial charge in [0.15, 0.2) is 5.76 Å². The molecule has 0 aliphatic carbocycles. The van der Waals surface area contributed by atoms with Gasteiger partial charge in [-0.15, -0.1) is 0 Å². The van der Waals surface area contributed by atoms with E-state index in [9.17, 15) is 14.7 Å². The molecule has 0 bridgehead atoms. The summed E-state index contributed by atoms with van der Waals surface area (Å²) in [5.74, 6) is -0.718. The van der Waals surface area contributed by atoms with E-state index in [2.05, 4.69) is 0 Å². The van der Waals surface area contributed by atoms with Crippen LogP contribution in [0.25, 0.3) is 11.3 Å². The molecular weight excluding hydrogens is 280 g/mol. The summed E-state index contributed by atoms with van der Waals surface area (Å²) in [7, 11) is 0. The maximum atomic E-state index is 12.7. The number of carbonyl (C=O) groups excluding carboxylic acids is 1. The average molecular weight is 292 g/mol. The number of hydrogen-bond acceptors (Lipinski definition) is 4. The Morgan fingerprint density at radius 3 is 2.14 bits per heavy atom. The SMILES string of the molecule is O=C(c1ccccc1)c1c(O)cc(=O)oc1-c1ccccc1. The summed E-state index contributed by atoms with van der Waals surface area (Å²) in [6, 6.07) is 18.2. The van der Waals surface area contributed by atoms with Gasteiger partial charge in [0, 0.05) is 11.1 Å². The summed E-state index contributed by atoms with van der Waals surface area (Å²) in [5.41, 5.74) is 0.233. The fourth-order valence-electron chi connectivity index (χ4n) is 2.23. The molecule has 1 aromatic heterocycles. The lowest BCUT2D eigenvalue weighted by molar-refractivity contribution is 0.103. The smallest absolute Gasteiger partial charge is 0.339 e. The Morgan fingerprint density at radius 1 is 0.909 bits per heavy atom. The van der Waals surface area contributed by atoms with Crippen molar-refractivity contribution in [1.29, 1.82) is 0 Å². The van der Waals surface area contributed by atoms with Gasteiger partial charge in [0.25, 0.3) is 0 Å². The Hall–Kier alpha value is -3.14. The van der Waals surface area contributed by atoms with Crippen LogP contribution in [0.3, 0.4) is 0 Å². The van der Waals surface area contributed by atoms with Crippen molar-refractivity contribution in [2.75, 3.05) is 0 Å². The molecule has 0 amide bonds. The van der Waals surface area contributed by atoms with E-state index in [0.29, 0.717) is 11.1 Å². The first-order valence-electron chi connectivity index (χ1n) is 6.69. The Bertz CT molecular complexity index is 865. The molecule has 1 N–H and O–H groups in total. The van der Waals surface area contributed by atoms with Crippen LogP contribution in [0.15, 0.2) is 75.9 Å². The van der Waals surface area contributed by atoms with E-state index in [0.717, 1.165) is 6.07 Å².